The molecule has 0 aromatic heterocycles. The fourth-order valence-electron chi connectivity index (χ4n) is 1.79. The van der Waals surface area contributed by atoms with Gasteiger partial charge in [-0.2, -0.15) is 12.6 Å². The van der Waals surface area contributed by atoms with E-state index < -0.39 is 0 Å². The molecule has 0 saturated carbocycles. The molecule has 0 radical (unpaired) electrons. The highest BCUT2D eigenvalue weighted by Crippen LogP contribution is 2.21. The number of hydrogen-bond acceptors (Lipinski definition) is 3. The van der Waals surface area contributed by atoms with Crippen molar-refractivity contribution < 1.29 is 4.74 Å². The second-order valence-electron chi connectivity index (χ2n) is 4.05. The SMILES string of the molecule is CC1CN(CCOCCS)CC1C. The van der Waals surface area contributed by atoms with Crippen LogP contribution in [0.5, 0.6) is 0 Å². The molecule has 2 nitrogen and oxygen atoms in total. The molecular formula is C10H21NOS. The Hall–Kier alpha value is 0.270. The van der Waals surface area contributed by atoms with Crippen LogP contribution in [0.2, 0.25) is 0 Å². The van der Waals surface area contributed by atoms with Crippen LogP contribution in [0.15, 0.2) is 0 Å². The summed E-state index contributed by atoms with van der Waals surface area (Å²) >= 11 is 4.09. The zero-order valence-electron chi connectivity index (χ0n) is 8.70. The van der Waals surface area contributed by atoms with E-state index in [-0.39, 0.29) is 0 Å². The third-order valence-electron chi connectivity index (χ3n) is 2.85. The predicted molar refractivity (Wildman–Crippen MR) is 59.4 cm³/mol. The average Bonchev–Trinajstić information content (AvgIpc) is 2.41. The first-order valence-electron chi connectivity index (χ1n) is 5.15. The summed E-state index contributed by atoms with van der Waals surface area (Å²) in [4.78, 5) is 2.49. The first-order chi connectivity index (χ1) is 6.24. The molecule has 1 aliphatic heterocycles. The van der Waals surface area contributed by atoms with E-state index in [1.807, 2.05) is 0 Å². The Labute approximate surface area is 87.0 Å². The molecule has 0 spiro atoms. The highest BCUT2D eigenvalue weighted by molar-refractivity contribution is 7.80. The van der Waals surface area contributed by atoms with Gasteiger partial charge in [0.05, 0.1) is 13.2 Å². The van der Waals surface area contributed by atoms with E-state index in [0.29, 0.717) is 0 Å². The molecule has 0 aromatic carbocycles. The zero-order chi connectivity index (χ0) is 9.68. The van der Waals surface area contributed by atoms with Crippen LogP contribution in [0.1, 0.15) is 13.8 Å². The fourth-order valence-corrected chi connectivity index (χ4v) is 1.92. The second kappa shape index (κ2) is 5.89. The maximum Gasteiger partial charge on any atom is 0.0593 e. The van der Waals surface area contributed by atoms with E-state index in [2.05, 4.69) is 31.4 Å². The van der Waals surface area contributed by atoms with E-state index in [9.17, 15) is 0 Å². The fraction of sp³-hybridized carbons (Fsp3) is 1.00. The van der Waals surface area contributed by atoms with Crippen LogP contribution in [0.25, 0.3) is 0 Å². The van der Waals surface area contributed by atoms with Crippen molar-refractivity contribution in [2.45, 2.75) is 13.8 Å². The summed E-state index contributed by atoms with van der Waals surface area (Å²) in [5.41, 5.74) is 0. The highest BCUT2D eigenvalue weighted by atomic mass is 32.1. The Balaban J connectivity index is 2.03. The minimum Gasteiger partial charge on any atom is -0.379 e. The summed E-state index contributed by atoms with van der Waals surface area (Å²) in [6.07, 6.45) is 0. The summed E-state index contributed by atoms with van der Waals surface area (Å²) in [6.45, 7) is 9.87. The Morgan fingerprint density at radius 3 is 2.38 bits per heavy atom. The van der Waals surface area contributed by atoms with Gasteiger partial charge in [-0.3, -0.25) is 0 Å². The highest BCUT2D eigenvalue weighted by Gasteiger charge is 2.25. The van der Waals surface area contributed by atoms with Crippen molar-refractivity contribution in [3.05, 3.63) is 0 Å². The van der Waals surface area contributed by atoms with Crippen molar-refractivity contribution in [2.24, 2.45) is 11.8 Å². The lowest BCUT2D eigenvalue weighted by molar-refractivity contribution is 0.122. The van der Waals surface area contributed by atoms with E-state index in [1.54, 1.807) is 0 Å². The molecule has 2 unspecified atom stereocenters. The van der Waals surface area contributed by atoms with Gasteiger partial charge in [-0.05, 0) is 11.8 Å². The molecule has 78 valence electrons. The van der Waals surface area contributed by atoms with Gasteiger partial charge in [0.1, 0.15) is 0 Å². The average molecular weight is 203 g/mol. The summed E-state index contributed by atoms with van der Waals surface area (Å²) in [5.74, 6) is 2.53. The molecule has 1 heterocycles. The van der Waals surface area contributed by atoms with Gasteiger partial charge in [0.15, 0.2) is 0 Å². The van der Waals surface area contributed by atoms with Crippen molar-refractivity contribution in [3.8, 4) is 0 Å². The summed E-state index contributed by atoms with van der Waals surface area (Å²) in [7, 11) is 0. The first-order valence-corrected chi connectivity index (χ1v) is 5.78. The number of ether oxygens (including phenoxy) is 1. The first kappa shape index (κ1) is 11.3. The molecule has 1 saturated heterocycles. The van der Waals surface area contributed by atoms with Crippen molar-refractivity contribution in [2.75, 3.05) is 38.6 Å². The molecule has 2 atom stereocenters. The molecule has 0 amide bonds. The number of likely N-dealkylation sites (tertiary alicyclic amines) is 1. The van der Waals surface area contributed by atoms with Gasteiger partial charge in [-0.25, -0.2) is 0 Å². The summed E-state index contributed by atoms with van der Waals surface area (Å²) < 4.78 is 5.40. The van der Waals surface area contributed by atoms with Crippen LogP contribution in [0, 0.1) is 11.8 Å². The van der Waals surface area contributed by atoms with E-state index in [4.69, 9.17) is 4.74 Å². The van der Waals surface area contributed by atoms with Gasteiger partial charge < -0.3 is 9.64 Å². The molecule has 0 N–H and O–H groups in total. The van der Waals surface area contributed by atoms with Gasteiger partial charge >= 0.3 is 0 Å². The Morgan fingerprint density at radius 1 is 1.23 bits per heavy atom. The zero-order valence-corrected chi connectivity index (χ0v) is 9.59. The van der Waals surface area contributed by atoms with Crippen LogP contribution >= 0.6 is 12.6 Å². The summed E-state index contributed by atoms with van der Waals surface area (Å²) in [6, 6.07) is 0. The monoisotopic (exact) mass is 203 g/mol. The maximum atomic E-state index is 5.40. The van der Waals surface area contributed by atoms with E-state index in [0.717, 1.165) is 37.3 Å². The van der Waals surface area contributed by atoms with Gasteiger partial charge in [-0.15, -0.1) is 0 Å². The normalized spacial score (nSPS) is 29.8. The van der Waals surface area contributed by atoms with E-state index in [1.165, 1.54) is 13.1 Å². The van der Waals surface area contributed by atoms with Gasteiger partial charge in [0, 0.05) is 25.4 Å². The Kier molecular flexibility index (Phi) is 5.14. The van der Waals surface area contributed by atoms with Gasteiger partial charge in [-0.1, -0.05) is 13.8 Å². The largest absolute Gasteiger partial charge is 0.379 e. The maximum absolute atomic E-state index is 5.40. The van der Waals surface area contributed by atoms with Crippen LogP contribution < -0.4 is 0 Å². The smallest absolute Gasteiger partial charge is 0.0593 e. The number of nitrogens with zero attached hydrogens (tertiary/aromatic N) is 1. The van der Waals surface area contributed by atoms with Crippen molar-refractivity contribution in [1.82, 2.24) is 4.90 Å². The predicted octanol–water partition coefficient (Wildman–Crippen LogP) is 1.52. The molecule has 3 heteroatoms. The quantitative estimate of drug-likeness (QED) is 0.537. The van der Waals surface area contributed by atoms with Crippen LogP contribution in [-0.2, 0) is 4.74 Å². The third-order valence-corrected chi connectivity index (χ3v) is 3.03. The molecular weight excluding hydrogens is 182 g/mol. The second-order valence-corrected chi connectivity index (χ2v) is 4.50. The minimum atomic E-state index is 0.780. The Morgan fingerprint density at radius 2 is 1.85 bits per heavy atom. The van der Waals surface area contributed by atoms with Gasteiger partial charge in [0.25, 0.3) is 0 Å². The lowest BCUT2D eigenvalue weighted by Gasteiger charge is -2.14. The molecule has 1 fully saturated rings. The van der Waals surface area contributed by atoms with Crippen molar-refractivity contribution >= 4 is 12.6 Å². The lowest BCUT2D eigenvalue weighted by Crippen LogP contribution is -2.25. The third kappa shape index (κ3) is 3.88. The number of thiol groups is 1. The van der Waals surface area contributed by atoms with E-state index >= 15 is 0 Å². The molecule has 0 aromatic rings. The number of rotatable bonds is 5. The molecule has 13 heavy (non-hydrogen) atoms. The molecule has 1 rings (SSSR count). The molecule has 0 aliphatic carbocycles. The van der Waals surface area contributed by atoms with Gasteiger partial charge in [0.2, 0.25) is 0 Å². The molecule has 0 bridgehead atoms. The molecule has 1 aliphatic rings. The van der Waals surface area contributed by atoms with Crippen molar-refractivity contribution in [1.29, 1.82) is 0 Å². The van der Waals surface area contributed by atoms with Crippen LogP contribution in [0.4, 0.5) is 0 Å². The van der Waals surface area contributed by atoms with Crippen molar-refractivity contribution in [3.63, 3.8) is 0 Å². The Bertz CT molecular complexity index is 133. The number of hydrogen-bond donors (Lipinski definition) is 1. The summed E-state index contributed by atoms with van der Waals surface area (Å²) in [5, 5.41) is 0. The standard InChI is InChI=1S/C10H21NOS/c1-9-7-11(8-10(9)2)3-4-12-5-6-13/h9-10,13H,3-8H2,1-2H3. The topological polar surface area (TPSA) is 12.5 Å². The minimum absolute atomic E-state index is 0.780. The van der Waals surface area contributed by atoms with Crippen LogP contribution in [-0.4, -0.2) is 43.5 Å². The lowest BCUT2D eigenvalue weighted by atomic mass is 10.0. The van der Waals surface area contributed by atoms with Crippen LogP contribution in [0.3, 0.4) is 0 Å².